The zero-order valence-electron chi connectivity index (χ0n) is 12.7. The molecule has 1 aromatic carbocycles. The number of benzene rings is 1. The molecular weight excluding hydrogens is 278 g/mol. The molecule has 1 aliphatic heterocycles. The van der Waals surface area contributed by atoms with Crippen LogP contribution in [-0.2, 0) is 6.42 Å². The van der Waals surface area contributed by atoms with Crippen LogP contribution in [0.3, 0.4) is 0 Å². The molecule has 1 aromatic heterocycles. The molecule has 1 amide bonds. The smallest absolute Gasteiger partial charge is 0.251 e. The molecule has 0 saturated heterocycles. The molecule has 1 aliphatic rings. The van der Waals surface area contributed by atoms with E-state index in [0.717, 1.165) is 35.9 Å². The standard InChI is InChI=1S/C16H19N5O/c1-10-7-13-14(18-8-10)19-9-20-15(13)21-12-5-3-11(4-6-12)16(22)17-2/h3-6,9-10H,7-8H2,1-2H3,(H,17,22)(H2,18,19,20,21). The van der Waals surface area contributed by atoms with Gasteiger partial charge in [-0.15, -0.1) is 0 Å². The van der Waals surface area contributed by atoms with E-state index in [1.165, 1.54) is 0 Å². The van der Waals surface area contributed by atoms with Crippen molar-refractivity contribution in [3.63, 3.8) is 0 Å². The maximum Gasteiger partial charge on any atom is 0.251 e. The van der Waals surface area contributed by atoms with Crippen molar-refractivity contribution in [2.45, 2.75) is 13.3 Å². The Balaban J connectivity index is 1.83. The lowest BCUT2D eigenvalue weighted by Crippen LogP contribution is -2.23. The van der Waals surface area contributed by atoms with E-state index in [4.69, 9.17) is 0 Å². The number of anilines is 3. The minimum absolute atomic E-state index is 0.0935. The number of fused-ring (bicyclic) bond motifs is 1. The molecule has 3 rings (SSSR count). The van der Waals surface area contributed by atoms with E-state index >= 15 is 0 Å². The summed E-state index contributed by atoms with van der Waals surface area (Å²) in [6, 6.07) is 7.32. The van der Waals surface area contributed by atoms with Crippen molar-refractivity contribution in [3.05, 3.63) is 41.7 Å². The molecule has 2 heterocycles. The molecule has 0 fully saturated rings. The SMILES string of the molecule is CNC(=O)c1ccc(Nc2ncnc3c2CC(C)CN3)cc1. The first kappa shape index (κ1) is 14.3. The molecular formula is C16H19N5O. The third-order valence-corrected chi connectivity index (χ3v) is 3.75. The van der Waals surface area contributed by atoms with Crippen LogP contribution in [0.25, 0.3) is 0 Å². The summed E-state index contributed by atoms with van der Waals surface area (Å²) in [5, 5.41) is 9.25. The second kappa shape index (κ2) is 6.01. The van der Waals surface area contributed by atoms with Gasteiger partial charge in [-0.3, -0.25) is 4.79 Å². The van der Waals surface area contributed by atoms with E-state index in [9.17, 15) is 4.79 Å². The van der Waals surface area contributed by atoms with Crippen LogP contribution in [0, 0.1) is 5.92 Å². The summed E-state index contributed by atoms with van der Waals surface area (Å²) in [5.74, 6) is 2.17. The van der Waals surface area contributed by atoms with Crippen LogP contribution < -0.4 is 16.0 Å². The van der Waals surface area contributed by atoms with Crippen molar-refractivity contribution in [2.24, 2.45) is 5.92 Å². The molecule has 1 atom stereocenters. The fraction of sp³-hybridized carbons (Fsp3) is 0.312. The van der Waals surface area contributed by atoms with Crippen molar-refractivity contribution in [3.8, 4) is 0 Å². The molecule has 0 bridgehead atoms. The van der Waals surface area contributed by atoms with Gasteiger partial charge in [0.2, 0.25) is 0 Å². The number of amides is 1. The molecule has 0 saturated carbocycles. The maximum absolute atomic E-state index is 11.6. The predicted octanol–water partition coefficient (Wildman–Crippen LogP) is 2.18. The molecule has 1 unspecified atom stereocenters. The Morgan fingerprint density at radius 1 is 1.27 bits per heavy atom. The van der Waals surface area contributed by atoms with Gasteiger partial charge in [0.25, 0.3) is 5.91 Å². The number of carbonyl (C=O) groups is 1. The summed E-state index contributed by atoms with van der Waals surface area (Å²) in [5.41, 5.74) is 2.64. The number of aromatic nitrogens is 2. The van der Waals surface area contributed by atoms with E-state index in [0.29, 0.717) is 11.5 Å². The van der Waals surface area contributed by atoms with E-state index < -0.39 is 0 Å². The summed E-state index contributed by atoms with van der Waals surface area (Å²) >= 11 is 0. The van der Waals surface area contributed by atoms with Crippen molar-refractivity contribution in [1.82, 2.24) is 15.3 Å². The van der Waals surface area contributed by atoms with Crippen LogP contribution in [0.15, 0.2) is 30.6 Å². The Bertz CT molecular complexity index is 683. The minimum atomic E-state index is -0.0935. The maximum atomic E-state index is 11.6. The van der Waals surface area contributed by atoms with Crippen LogP contribution in [-0.4, -0.2) is 29.5 Å². The Kier molecular flexibility index (Phi) is 3.91. The Labute approximate surface area is 129 Å². The largest absolute Gasteiger partial charge is 0.369 e. The zero-order chi connectivity index (χ0) is 15.5. The van der Waals surface area contributed by atoms with Crippen LogP contribution >= 0.6 is 0 Å². The second-order valence-electron chi connectivity index (χ2n) is 5.52. The van der Waals surface area contributed by atoms with Gasteiger partial charge in [-0.1, -0.05) is 6.92 Å². The summed E-state index contributed by atoms with van der Waals surface area (Å²) < 4.78 is 0. The molecule has 0 radical (unpaired) electrons. The van der Waals surface area contributed by atoms with Gasteiger partial charge in [0.05, 0.1) is 0 Å². The molecule has 2 aromatic rings. The van der Waals surface area contributed by atoms with Crippen LogP contribution in [0.5, 0.6) is 0 Å². The summed E-state index contributed by atoms with van der Waals surface area (Å²) in [4.78, 5) is 20.2. The van der Waals surface area contributed by atoms with Gasteiger partial charge >= 0.3 is 0 Å². The fourth-order valence-corrected chi connectivity index (χ4v) is 2.54. The quantitative estimate of drug-likeness (QED) is 0.809. The molecule has 3 N–H and O–H groups in total. The first-order valence-electron chi connectivity index (χ1n) is 7.34. The number of hydrogen-bond donors (Lipinski definition) is 3. The summed E-state index contributed by atoms with van der Waals surface area (Å²) in [6.45, 7) is 3.13. The number of rotatable bonds is 3. The molecule has 6 heteroatoms. The number of carbonyl (C=O) groups excluding carboxylic acids is 1. The van der Waals surface area contributed by atoms with Gasteiger partial charge in [-0.25, -0.2) is 9.97 Å². The molecule has 114 valence electrons. The number of nitrogens with zero attached hydrogens (tertiary/aromatic N) is 2. The molecule has 0 aliphatic carbocycles. The second-order valence-corrected chi connectivity index (χ2v) is 5.52. The Morgan fingerprint density at radius 2 is 2.05 bits per heavy atom. The molecule has 22 heavy (non-hydrogen) atoms. The lowest BCUT2D eigenvalue weighted by molar-refractivity contribution is 0.0963. The molecule has 6 nitrogen and oxygen atoms in total. The van der Waals surface area contributed by atoms with Crippen LogP contribution in [0.1, 0.15) is 22.8 Å². The third kappa shape index (κ3) is 2.86. The van der Waals surface area contributed by atoms with Crippen molar-refractivity contribution in [1.29, 1.82) is 0 Å². The van der Waals surface area contributed by atoms with Crippen LogP contribution in [0.4, 0.5) is 17.3 Å². The molecule has 0 spiro atoms. The van der Waals surface area contributed by atoms with Crippen molar-refractivity contribution >= 4 is 23.2 Å². The topological polar surface area (TPSA) is 78.9 Å². The Hall–Kier alpha value is -2.63. The monoisotopic (exact) mass is 297 g/mol. The number of hydrogen-bond acceptors (Lipinski definition) is 5. The van der Waals surface area contributed by atoms with Crippen molar-refractivity contribution < 1.29 is 4.79 Å². The first-order chi connectivity index (χ1) is 10.7. The lowest BCUT2D eigenvalue weighted by Gasteiger charge is -2.24. The van der Waals surface area contributed by atoms with Gasteiger partial charge < -0.3 is 16.0 Å². The fourth-order valence-electron chi connectivity index (χ4n) is 2.54. The van der Waals surface area contributed by atoms with Crippen LogP contribution in [0.2, 0.25) is 0 Å². The van der Waals surface area contributed by atoms with Gasteiger partial charge in [0.15, 0.2) is 0 Å². The first-order valence-corrected chi connectivity index (χ1v) is 7.34. The van der Waals surface area contributed by atoms with Gasteiger partial charge in [0.1, 0.15) is 18.0 Å². The predicted molar refractivity (Wildman–Crippen MR) is 86.5 cm³/mol. The number of nitrogens with one attached hydrogen (secondary N) is 3. The highest BCUT2D eigenvalue weighted by atomic mass is 16.1. The lowest BCUT2D eigenvalue weighted by atomic mass is 9.98. The minimum Gasteiger partial charge on any atom is -0.369 e. The van der Waals surface area contributed by atoms with E-state index in [2.05, 4.69) is 32.8 Å². The summed E-state index contributed by atoms with van der Waals surface area (Å²) in [6.07, 6.45) is 2.50. The highest BCUT2D eigenvalue weighted by molar-refractivity contribution is 5.94. The summed E-state index contributed by atoms with van der Waals surface area (Å²) in [7, 11) is 1.62. The third-order valence-electron chi connectivity index (χ3n) is 3.75. The van der Waals surface area contributed by atoms with E-state index in [-0.39, 0.29) is 5.91 Å². The Morgan fingerprint density at radius 3 is 2.77 bits per heavy atom. The van der Waals surface area contributed by atoms with E-state index in [1.54, 1.807) is 25.5 Å². The van der Waals surface area contributed by atoms with Crippen molar-refractivity contribution in [2.75, 3.05) is 24.2 Å². The van der Waals surface area contributed by atoms with Gasteiger partial charge in [-0.05, 0) is 36.6 Å². The zero-order valence-corrected chi connectivity index (χ0v) is 12.7. The highest BCUT2D eigenvalue weighted by Crippen LogP contribution is 2.29. The van der Waals surface area contributed by atoms with Gasteiger partial charge in [0, 0.05) is 30.4 Å². The normalized spacial score (nSPS) is 16.4. The van der Waals surface area contributed by atoms with E-state index in [1.807, 2.05) is 12.1 Å². The average Bonchev–Trinajstić information content (AvgIpc) is 2.55. The average molecular weight is 297 g/mol. The van der Waals surface area contributed by atoms with Gasteiger partial charge in [-0.2, -0.15) is 0 Å². The highest BCUT2D eigenvalue weighted by Gasteiger charge is 2.19.